The molecular weight excluding hydrogens is 328 g/mol. The van der Waals surface area contributed by atoms with E-state index in [0.717, 1.165) is 17.1 Å². The van der Waals surface area contributed by atoms with Gasteiger partial charge in [-0.3, -0.25) is 14.2 Å². The van der Waals surface area contributed by atoms with Gasteiger partial charge in [-0.25, -0.2) is 4.98 Å². The lowest BCUT2D eigenvalue weighted by Gasteiger charge is -2.21. The number of fused-ring (bicyclic) bond motifs is 1. The van der Waals surface area contributed by atoms with E-state index in [1.54, 1.807) is 17.4 Å². The van der Waals surface area contributed by atoms with E-state index < -0.39 is 0 Å². The molecule has 0 aromatic carbocycles. The minimum atomic E-state index is -0.108. The third-order valence-corrected chi connectivity index (χ3v) is 4.20. The van der Waals surface area contributed by atoms with Crippen LogP contribution in [0.1, 0.15) is 27.6 Å². The lowest BCUT2D eigenvalue weighted by atomic mass is 10.2. The second kappa shape index (κ2) is 6.84. The maximum absolute atomic E-state index is 13.4. The van der Waals surface area contributed by atoms with Crippen molar-refractivity contribution < 1.29 is 9.21 Å². The van der Waals surface area contributed by atoms with Crippen molar-refractivity contribution in [2.75, 3.05) is 0 Å². The van der Waals surface area contributed by atoms with Crippen LogP contribution in [0.4, 0.5) is 0 Å². The van der Waals surface area contributed by atoms with Crippen LogP contribution in [0, 0.1) is 6.92 Å². The van der Waals surface area contributed by atoms with Gasteiger partial charge >= 0.3 is 0 Å². The Morgan fingerprint density at radius 2 is 2.00 bits per heavy atom. The molecule has 0 aliphatic heterocycles. The molecule has 0 saturated heterocycles. The summed E-state index contributed by atoms with van der Waals surface area (Å²) in [6.45, 7) is 2.61. The van der Waals surface area contributed by atoms with E-state index in [2.05, 4.69) is 9.97 Å². The van der Waals surface area contributed by atoms with Gasteiger partial charge in [-0.15, -0.1) is 0 Å². The first kappa shape index (κ1) is 16.1. The van der Waals surface area contributed by atoms with Crippen LogP contribution in [0.15, 0.2) is 71.6 Å². The second-order valence-corrected chi connectivity index (χ2v) is 6.04. The fraction of sp³-hybridized carbons (Fsp3) is 0.150. The molecule has 0 N–H and O–H groups in total. The molecule has 0 aliphatic carbocycles. The van der Waals surface area contributed by atoms with Crippen LogP contribution in [0.3, 0.4) is 0 Å². The second-order valence-electron chi connectivity index (χ2n) is 6.04. The van der Waals surface area contributed by atoms with Crippen LogP contribution < -0.4 is 0 Å². The van der Waals surface area contributed by atoms with Crippen molar-refractivity contribution in [1.82, 2.24) is 19.3 Å². The molecule has 0 fully saturated rings. The molecule has 4 rings (SSSR count). The van der Waals surface area contributed by atoms with Crippen molar-refractivity contribution in [2.45, 2.75) is 20.0 Å². The number of furan rings is 1. The first-order valence-electron chi connectivity index (χ1n) is 8.37. The fourth-order valence-electron chi connectivity index (χ4n) is 3.00. The number of hydrogen-bond donors (Lipinski definition) is 0. The predicted octanol–water partition coefficient (Wildman–Crippen LogP) is 3.47. The Bertz CT molecular complexity index is 1020. The molecule has 4 aromatic rings. The first-order chi connectivity index (χ1) is 12.7. The Balaban J connectivity index is 1.72. The molecular formula is C20H18N4O2. The molecule has 6 heteroatoms. The quantitative estimate of drug-likeness (QED) is 0.555. The van der Waals surface area contributed by atoms with E-state index in [1.165, 1.54) is 0 Å². The first-order valence-corrected chi connectivity index (χ1v) is 8.37. The summed E-state index contributed by atoms with van der Waals surface area (Å²) >= 11 is 0. The number of rotatable bonds is 5. The summed E-state index contributed by atoms with van der Waals surface area (Å²) in [6.07, 6.45) is 5.19. The lowest BCUT2D eigenvalue weighted by Crippen LogP contribution is -2.31. The van der Waals surface area contributed by atoms with E-state index in [4.69, 9.17) is 4.42 Å². The van der Waals surface area contributed by atoms with Crippen molar-refractivity contribution in [3.05, 3.63) is 90.0 Å². The molecule has 0 bridgehead atoms. The Morgan fingerprint density at radius 3 is 2.77 bits per heavy atom. The number of nitrogens with zero attached hydrogens (tertiary/aromatic N) is 4. The van der Waals surface area contributed by atoms with Crippen molar-refractivity contribution in [3.8, 4) is 0 Å². The van der Waals surface area contributed by atoms with Gasteiger partial charge in [0.05, 0.1) is 30.7 Å². The van der Waals surface area contributed by atoms with Gasteiger partial charge in [-0.05, 0) is 43.3 Å². The monoisotopic (exact) mass is 346 g/mol. The summed E-state index contributed by atoms with van der Waals surface area (Å²) in [5, 5.41) is 0. The van der Waals surface area contributed by atoms with Crippen LogP contribution in [-0.2, 0) is 13.1 Å². The molecule has 0 saturated carbocycles. The highest BCUT2D eigenvalue weighted by Crippen LogP contribution is 2.18. The molecule has 0 atom stereocenters. The Morgan fingerprint density at radius 1 is 1.12 bits per heavy atom. The van der Waals surface area contributed by atoms with Crippen LogP contribution in [0.5, 0.6) is 0 Å². The highest BCUT2D eigenvalue weighted by molar-refractivity contribution is 5.94. The molecule has 4 heterocycles. The van der Waals surface area contributed by atoms with Gasteiger partial charge in [0.1, 0.15) is 17.1 Å². The summed E-state index contributed by atoms with van der Waals surface area (Å²) in [6, 6.07) is 15.0. The number of hydrogen-bond acceptors (Lipinski definition) is 4. The lowest BCUT2D eigenvalue weighted by molar-refractivity contribution is 0.0707. The van der Waals surface area contributed by atoms with Crippen LogP contribution in [-0.4, -0.2) is 25.2 Å². The number of aromatic nitrogens is 3. The zero-order valence-electron chi connectivity index (χ0n) is 14.4. The summed E-state index contributed by atoms with van der Waals surface area (Å²) < 4.78 is 7.27. The number of amides is 1. The maximum atomic E-state index is 13.4. The maximum Gasteiger partial charge on any atom is 0.273 e. The van der Waals surface area contributed by atoms with Gasteiger partial charge in [0.15, 0.2) is 0 Å². The predicted molar refractivity (Wildman–Crippen MR) is 96.5 cm³/mol. The molecule has 0 aliphatic rings. The van der Waals surface area contributed by atoms with Crippen molar-refractivity contribution in [3.63, 3.8) is 0 Å². The normalized spacial score (nSPS) is 11.0. The smallest absolute Gasteiger partial charge is 0.273 e. The number of aryl methyl sites for hydroxylation is 1. The summed E-state index contributed by atoms with van der Waals surface area (Å²) in [4.78, 5) is 23.9. The van der Waals surface area contributed by atoms with Gasteiger partial charge in [0.25, 0.3) is 5.91 Å². The largest absolute Gasteiger partial charge is 0.467 e. The van der Waals surface area contributed by atoms with Gasteiger partial charge < -0.3 is 9.32 Å². The molecule has 4 aromatic heterocycles. The van der Waals surface area contributed by atoms with Crippen molar-refractivity contribution in [1.29, 1.82) is 0 Å². The minimum Gasteiger partial charge on any atom is -0.467 e. The van der Waals surface area contributed by atoms with Gasteiger partial charge in [-0.1, -0.05) is 12.1 Å². The van der Waals surface area contributed by atoms with E-state index in [-0.39, 0.29) is 5.91 Å². The number of imidazole rings is 1. The fourth-order valence-corrected chi connectivity index (χ4v) is 3.00. The Hall–Kier alpha value is -3.41. The third-order valence-electron chi connectivity index (χ3n) is 4.20. The minimum absolute atomic E-state index is 0.108. The molecule has 1 amide bonds. The molecule has 0 spiro atoms. The Labute approximate surface area is 150 Å². The summed E-state index contributed by atoms with van der Waals surface area (Å²) in [5.74, 6) is 0.615. The van der Waals surface area contributed by atoms with E-state index in [1.807, 2.05) is 66.1 Å². The highest BCUT2D eigenvalue weighted by Gasteiger charge is 2.24. The zero-order valence-corrected chi connectivity index (χ0v) is 14.4. The van der Waals surface area contributed by atoms with Gasteiger partial charge in [0.2, 0.25) is 0 Å². The molecule has 130 valence electrons. The molecule has 0 unspecified atom stereocenters. The SMILES string of the molecule is Cc1nc2ccccn2c1C(=O)N(Cc1ccccn1)Cc1ccco1. The Kier molecular flexibility index (Phi) is 4.23. The van der Waals surface area contributed by atoms with Crippen LogP contribution >= 0.6 is 0 Å². The van der Waals surface area contributed by atoms with Crippen molar-refractivity contribution in [2.24, 2.45) is 0 Å². The molecule has 26 heavy (non-hydrogen) atoms. The zero-order chi connectivity index (χ0) is 17.9. The third kappa shape index (κ3) is 3.09. The highest BCUT2D eigenvalue weighted by atomic mass is 16.3. The topological polar surface area (TPSA) is 63.6 Å². The van der Waals surface area contributed by atoms with Crippen molar-refractivity contribution >= 4 is 11.6 Å². The average molecular weight is 346 g/mol. The van der Waals surface area contributed by atoms with Gasteiger partial charge in [0, 0.05) is 12.4 Å². The van der Waals surface area contributed by atoms with Crippen LogP contribution in [0.2, 0.25) is 0 Å². The number of carbonyl (C=O) groups is 1. The average Bonchev–Trinajstić information content (AvgIpc) is 3.28. The summed E-state index contributed by atoms with van der Waals surface area (Å²) in [7, 11) is 0. The number of carbonyl (C=O) groups excluding carboxylic acids is 1. The van der Waals surface area contributed by atoms with Crippen LogP contribution in [0.25, 0.3) is 5.65 Å². The summed E-state index contributed by atoms with van der Waals surface area (Å²) in [5.41, 5.74) is 2.83. The standard InChI is InChI=1S/C20H18N4O2/c1-15-19(24-11-5-3-9-18(24)22-15)20(25)23(14-17-8-6-12-26-17)13-16-7-2-4-10-21-16/h2-12H,13-14H2,1H3. The molecule has 0 radical (unpaired) electrons. The molecule has 6 nitrogen and oxygen atoms in total. The van der Waals surface area contributed by atoms with Gasteiger partial charge in [-0.2, -0.15) is 0 Å². The number of pyridine rings is 2. The van der Waals surface area contributed by atoms with E-state index in [9.17, 15) is 4.79 Å². The van der Waals surface area contributed by atoms with E-state index >= 15 is 0 Å². The van der Waals surface area contributed by atoms with E-state index in [0.29, 0.717) is 24.5 Å².